The molecule has 2 heterocycles. The van der Waals surface area contributed by atoms with Crippen LogP contribution in [0.25, 0.3) is 11.2 Å². The minimum Gasteiger partial charge on any atom is -0.497 e. The average Bonchev–Trinajstić information content (AvgIpc) is 3.22. The zero-order valence-electron chi connectivity index (χ0n) is 19.3. The Kier molecular flexibility index (Phi) is 6.69. The maximum Gasteiger partial charge on any atom is 0.332 e. The van der Waals surface area contributed by atoms with Crippen molar-refractivity contribution in [1.29, 1.82) is 0 Å². The summed E-state index contributed by atoms with van der Waals surface area (Å²) >= 11 is 0. The molecule has 0 saturated carbocycles. The summed E-state index contributed by atoms with van der Waals surface area (Å²) in [5, 5.41) is 14.0. The number of fused-ring (bicyclic) bond motifs is 1. The third-order valence-electron chi connectivity index (χ3n) is 5.54. The molecule has 1 unspecified atom stereocenters. The number of methoxy groups -OCH3 is 1. The van der Waals surface area contributed by atoms with Gasteiger partial charge < -0.3 is 24.5 Å². The van der Waals surface area contributed by atoms with Gasteiger partial charge in [-0.3, -0.25) is 13.9 Å². The predicted molar refractivity (Wildman–Crippen MR) is 128 cm³/mol. The Balaban J connectivity index is 1.62. The van der Waals surface area contributed by atoms with E-state index in [1.807, 2.05) is 30.3 Å². The Labute approximate surface area is 195 Å². The van der Waals surface area contributed by atoms with Gasteiger partial charge in [0.25, 0.3) is 5.56 Å². The van der Waals surface area contributed by atoms with Gasteiger partial charge in [-0.25, -0.2) is 4.79 Å². The van der Waals surface area contributed by atoms with E-state index in [1.165, 1.54) is 11.6 Å². The minimum atomic E-state index is -0.946. The first-order chi connectivity index (χ1) is 16.4. The molecule has 0 aliphatic rings. The maximum atomic E-state index is 13.0. The normalized spacial score (nSPS) is 12.0. The molecule has 178 valence electrons. The molecule has 2 aromatic heterocycles. The van der Waals surface area contributed by atoms with Crippen molar-refractivity contribution in [3.05, 3.63) is 81.0 Å². The second kappa shape index (κ2) is 9.84. The van der Waals surface area contributed by atoms with Gasteiger partial charge in [0.2, 0.25) is 5.95 Å². The van der Waals surface area contributed by atoms with Crippen molar-refractivity contribution in [2.75, 3.05) is 19.0 Å². The molecule has 1 atom stereocenters. The number of hydrogen-bond donors (Lipinski definition) is 2. The highest BCUT2D eigenvalue weighted by Crippen LogP contribution is 2.19. The Hall–Kier alpha value is -4.05. The van der Waals surface area contributed by atoms with E-state index in [0.29, 0.717) is 24.0 Å². The molecule has 34 heavy (non-hydrogen) atoms. The number of imidazole rings is 1. The van der Waals surface area contributed by atoms with Gasteiger partial charge in [-0.05, 0) is 29.8 Å². The van der Waals surface area contributed by atoms with Crippen LogP contribution in [0.5, 0.6) is 11.5 Å². The molecule has 0 aliphatic carbocycles. The summed E-state index contributed by atoms with van der Waals surface area (Å²) in [7, 11) is 4.56. The van der Waals surface area contributed by atoms with Crippen LogP contribution in [-0.2, 0) is 27.2 Å². The SMILES string of the molecule is COc1ccc(OCC(O)Cn2c(NCc3ccccc3)nc3c2c(=O)n(C)c(=O)n3C)cc1. The molecule has 0 spiro atoms. The maximum absolute atomic E-state index is 13.0. The number of benzene rings is 2. The summed E-state index contributed by atoms with van der Waals surface area (Å²) in [5.74, 6) is 1.66. The highest BCUT2D eigenvalue weighted by atomic mass is 16.5. The zero-order chi connectivity index (χ0) is 24.2. The van der Waals surface area contributed by atoms with E-state index in [4.69, 9.17) is 9.47 Å². The Morgan fingerprint density at radius 2 is 1.68 bits per heavy atom. The highest BCUT2D eigenvalue weighted by molar-refractivity contribution is 5.74. The topological polar surface area (TPSA) is 113 Å². The lowest BCUT2D eigenvalue weighted by Gasteiger charge is -2.16. The fourth-order valence-electron chi connectivity index (χ4n) is 3.66. The van der Waals surface area contributed by atoms with Gasteiger partial charge in [0, 0.05) is 20.6 Å². The fraction of sp³-hybridized carbons (Fsp3) is 0.292. The number of hydrogen-bond acceptors (Lipinski definition) is 7. The van der Waals surface area contributed by atoms with E-state index < -0.39 is 17.4 Å². The second-order valence-electron chi connectivity index (χ2n) is 7.90. The summed E-state index contributed by atoms with van der Waals surface area (Å²) in [6, 6.07) is 16.7. The minimum absolute atomic E-state index is 0.00376. The third-order valence-corrected chi connectivity index (χ3v) is 5.54. The average molecular weight is 466 g/mol. The number of aryl methyl sites for hydroxylation is 1. The van der Waals surface area contributed by atoms with Crippen molar-refractivity contribution in [1.82, 2.24) is 18.7 Å². The van der Waals surface area contributed by atoms with Gasteiger partial charge in [0.15, 0.2) is 11.2 Å². The summed E-state index contributed by atoms with van der Waals surface area (Å²) < 4.78 is 14.8. The van der Waals surface area contributed by atoms with Crippen LogP contribution in [0.15, 0.2) is 64.2 Å². The Morgan fingerprint density at radius 1 is 1.00 bits per heavy atom. The lowest BCUT2D eigenvalue weighted by Crippen LogP contribution is -2.38. The van der Waals surface area contributed by atoms with E-state index in [9.17, 15) is 14.7 Å². The van der Waals surface area contributed by atoms with E-state index >= 15 is 0 Å². The molecular formula is C24H27N5O5. The predicted octanol–water partition coefficient (Wildman–Crippen LogP) is 1.49. The van der Waals surface area contributed by atoms with Gasteiger partial charge in [-0.15, -0.1) is 0 Å². The van der Waals surface area contributed by atoms with Crippen molar-refractivity contribution in [2.45, 2.75) is 19.2 Å². The zero-order valence-corrected chi connectivity index (χ0v) is 19.3. The molecule has 4 aromatic rings. The number of anilines is 1. The number of rotatable bonds is 9. The summed E-state index contributed by atoms with van der Waals surface area (Å²) in [6.07, 6.45) is -0.946. The summed E-state index contributed by atoms with van der Waals surface area (Å²) in [6.45, 7) is 0.490. The van der Waals surface area contributed by atoms with Gasteiger partial charge in [0.05, 0.1) is 13.7 Å². The molecule has 0 saturated heterocycles. The Morgan fingerprint density at radius 3 is 2.35 bits per heavy atom. The van der Waals surface area contributed by atoms with E-state index in [-0.39, 0.29) is 24.3 Å². The van der Waals surface area contributed by atoms with E-state index in [1.54, 1.807) is 43.0 Å². The van der Waals surface area contributed by atoms with Crippen molar-refractivity contribution < 1.29 is 14.6 Å². The van der Waals surface area contributed by atoms with Crippen molar-refractivity contribution in [3.8, 4) is 11.5 Å². The molecule has 0 fully saturated rings. The van der Waals surface area contributed by atoms with E-state index in [2.05, 4.69) is 10.3 Å². The monoisotopic (exact) mass is 465 g/mol. The lowest BCUT2D eigenvalue weighted by atomic mass is 10.2. The standard InChI is InChI=1S/C24H27N5O5/c1-27-21-20(22(31)28(2)24(27)32)29(23(26-21)25-13-16-7-5-4-6-8-16)14-17(30)15-34-19-11-9-18(33-3)10-12-19/h4-12,17,30H,13-15H2,1-3H3,(H,25,26). The van der Waals surface area contributed by atoms with Crippen molar-refractivity contribution in [3.63, 3.8) is 0 Å². The molecule has 0 radical (unpaired) electrons. The number of aliphatic hydroxyl groups excluding tert-OH is 1. The molecule has 2 N–H and O–H groups in total. The van der Waals surface area contributed by atoms with Crippen molar-refractivity contribution >= 4 is 17.1 Å². The van der Waals surface area contributed by atoms with Crippen LogP contribution < -0.4 is 26.0 Å². The first-order valence-electron chi connectivity index (χ1n) is 10.8. The number of ether oxygens (including phenoxy) is 2. The number of nitrogens with one attached hydrogen (secondary N) is 1. The van der Waals surface area contributed by atoms with Gasteiger partial charge in [-0.1, -0.05) is 30.3 Å². The smallest absolute Gasteiger partial charge is 0.332 e. The molecule has 0 aliphatic heterocycles. The highest BCUT2D eigenvalue weighted by Gasteiger charge is 2.21. The summed E-state index contributed by atoms with van der Waals surface area (Å²) in [4.78, 5) is 29.9. The van der Waals surface area contributed by atoms with Crippen LogP contribution >= 0.6 is 0 Å². The van der Waals surface area contributed by atoms with Crippen LogP contribution in [-0.4, -0.2) is 43.6 Å². The molecule has 10 nitrogen and oxygen atoms in total. The summed E-state index contributed by atoms with van der Waals surface area (Å²) in [5.41, 5.74) is 0.531. The quantitative estimate of drug-likeness (QED) is 0.385. The molecule has 4 rings (SSSR count). The van der Waals surface area contributed by atoms with Crippen LogP contribution in [0.4, 0.5) is 5.95 Å². The van der Waals surface area contributed by atoms with Gasteiger partial charge in [-0.2, -0.15) is 4.98 Å². The van der Waals surface area contributed by atoms with Gasteiger partial charge in [0.1, 0.15) is 24.2 Å². The lowest BCUT2D eigenvalue weighted by molar-refractivity contribution is 0.0938. The first-order valence-corrected chi connectivity index (χ1v) is 10.8. The molecule has 0 bridgehead atoms. The van der Waals surface area contributed by atoms with E-state index in [0.717, 1.165) is 10.1 Å². The molecular weight excluding hydrogens is 438 g/mol. The number of aromatic nitrogens is 4. The third kappa shape index (κ3) is 4.67. The van der Waals surface area contributed by atoms with Crippen LogP contribution in [0.1, 0.15) is 5.56 Å². The van der Waals surface area contributed by atoms with Crippen LogP contribution in [0.2, 0.25) is 0 Å². The van der Waals surface area contributed by atoms with Gasteiger partial charge >= 0.3 is 5.69 Å². The molecule has 2 aromatic carbocycles. The fourth-order valence-corrected chi connectivity index (χ4v) is 3.66. The largest absolute Gasteiger partial charge is 0.497 e. The Bertz CT molecular complexity index is 1390. The molecule has 0 amide bonds. The van der Waals surface area contributed by atoms with Crippen molar-refractivity contribution in [2.24, 2.45) is 14.1 Å². The second-order valence-corrected chi connectivity index (χ2v) is 7.90. The first kappa shape index (κ1) is 23.1. The number of aliphatic hydroxyl groups is 1. The van der Waals surface area contributed by atoms with Crippen LogP contribution in [0, 0.1) is 0 Å². The van der Waals surface area contributed by atoms with Crippen LogP contribution in [0.3, 0.4) is 0 Å². The molecule has 10 heteroatoms. The number of nitrogens with zero attached hydrogens (tertiary/aromatic N) is 4.